The lowest BCUT2D eigenvalue weighted by Crippen LogP contribution is -2.50. The van der Waals surface area contributed by atoms with Crippen molar-refractivity contribution in [2.75, 3.05) is 0 Å². The lowest BCUT2D eigenvalue weighted by Gasteiger charge is -2.28. The highest BCUT2D eigenvalue weighted by atomic mass is 35.5. The number of amides is 2. The Morgan fingerprint density at radius 3 is 2.81 bits per heavy atom. The number of carbonyl (C=O) groups excluding carboxylic acids is 1. The van der Waals surface area contributed by atoms with E-state index < -0.39 is 11.4 Å². The maximum Gasteiger partial charge on any atom is 0.315 e. The molecule has 116 valence electrons. The molecule has 1 aliphatic carbocycles. The van der Waals surface area contributed by atoms with Gasteiger partial charge in [0.1, 0.15) is 0 Å². The van der Waals surface area contributed by atoms with Gasteiger partial charge in [0.25, 0.3) is 0 Å². The van der Waals surface area contributed by atoms with Crippen LogP contribution < -0.4 is 10.6 Å². The first-order valence-corrected chi connectivity index (χ1v) is 8.08. The zero-order chi connectivity index (χ0) is 15.6. The molecule has 0 aliphatic heterocycles. The van der Waals surface area contributed by atoms with E-state index >= 15 is 0 Å². The van der Waals surface area contributed by atoms with Crippen molar-refractivity contribution in [3.63, 3.8) is 0 Å². The first kappa shape index (κ1) is 16.1. The van der Waals surface area contributed by atoms with Crippen LogP contribution >= 0.6 is 22.9 Å². The number of hydrogen-bond acceptors (Lipinski definition) is 3. The number of carbonyl (C=O) groups is 2. The standard InChI is InChI=1S/C14H19ClN2O3S/c1-8(9-5-6-11(15)21-9)16-13(20)17-10-4-3-7-14(10,2)12(18)19/h5-6,8,10H,3-4,7H2,1-2H3,(H,18,19)(H2,16,17,20). The minimum Gasteiger partial charge on any atom is -0.481 e. The predicted molar refractivity (Wildman–Crippen MR) is 82.8 cm³/mol. The zero-order valence-corrected chi connectivity index (χ0v) is 13.6. The molecule has 7 heteroatoms. The summed E-state index contributed by atoms with van der Waals surface area (Å²) in [5.41, 5.74) is -0.882. The van der Waals surface area contributed by atoms with Crippen molar-refractivity contribution in [3.8, 4) is 0 Å². The van der Waals surface area contributed by atoms with E-state index in [0.717, 1.165) is 11.3 Å². The van der Waals surface area contributed by atoms with Gasteiger partial charge in [0.05, 0.1) is 15.8 Å². The Kier molecular flexibility index (Phi) is 4.78. The normalized spacial score (nSPS) is 26.3. The van der Waals surface area contributed by atoms with Gasteiger partial charge in [0.2, 0.25) is 0 Å². The highest BCUT2D eigenvalue weighted by Gasteiger charge is 2.45. The van der Waals surface area contributed by atoms with Crippen molar-refractivity contribution in [2.45, 2.75) is 45.2 Å². The number of halogens is 1. The number of hydrogen-bond donors (Lipinski definition) is 3. The van der Waals surface area contributed by atoms with Crippen LogP contribution in [0.15, 0.2) is 12.1 Å². The lowest BCUT2D eigenvalue weighted by molar-refractivity contribution is -0.148. The summed E-state index contributed by atoms with van der Waals surface area (Å²) < 4.78 is 0.674. The molecule has 3 atom stereocenters. The van der Waals surface area contributed by atoms with Gasteiger partial charge in [-0.25, -0.2) is 4.79 Å². The van der Waals surface area contributed by atoms with Crippen molar-refractivity contribution in [1.29, 1.82) is 0 Å². The second kappa shape index (κ2) is 6.23. The molecular formula is C14H19ClN2O3S. The highest BCUT2D eigenvalue weighted by molar-refractivity contribution is 7.16. The fraction of sp³-hybridized carbons (Fsp3) is 0.571. The molecule has 0 aromatic carbocycles. The molecule has 1 heterocycles. The Morgan fingerprint density at radius 2 is 2.24 bits per heavy atom. The van der Waals surface area contributed by atoms with E-state index in [2.05, 4.69) is 10.6 Å². The number of urea groups is 1. The Balaban J connectivity index is 1.94. The summed E-state index contributed by atoms with van der Waals surface area (Å²) in [6.07, 6.45) is 2.09. The monoisotopic (exact) mass is 330 g/mol. The van der Waals surface area contributed by atoms with Gasteiger partial charge in [0, 0.05) is 10.9 Å². The topological polar surface area (TPSA) is 78.4 Å². The van der Waals surface area contributed by atoms with Crippen LogP contribution in [-0.2, 0) is 4.79 Å². The molecule has 5 nitrogen and oxygen atoms in total. The molecule has 1 fully saturated rings. The van der Waals surface area contributed by atoms with E-state index in [9.17, 15) is 14.7 Å². The second-order valence-electron chi connectivity index (χ2n) is 5.65. The minimum absolute atomic E-state index is 0.167. The van der Waals surface area contributed by atoms with Crippen LogP contribution in [0.5, 0.6) is 0 Å². The first-order chi connectivity index (χ1) is 9.83. The smallest absolute Gasteiger partial charge is 0.315 e. The van der Waals surface area contributed by atoms with E-state index in [0.29, 0.717) is 17.2 Å². The average Bonchev–Trinajstić information content (AvgIpc) is 2.97. The van der Waals surface area contributed by atoms with E-state index in [4.69, 9.17) is 11.6 Å². The maximum atomic E-state index is 12.1. The van der Waals surface area contributed by atoms with E-state index in [-0.39, 0.29) is 18.1 Å². The summed E-state index contributed by atoms with van der Waals surface area (Å²) in [6, 6.07) is 2.81. The highest BCUT2D eigenvalue weighted by Crippen LogP contribution is 2.38. The van der Waals surface area contributed by atoms with Crippen molar-refractivity contribution in [2.24, 2.45) is 5.41 Å². The summed E-state index contributed by atoms with van der Waals surface area (Å²) in [7, 11) is 0. The maximum absolute atomic E-state index is 12.1. The molecule has 2 rings (SSSR count). The van der Waals surface area contributed by atoms with Crippen molar-refractivity contribution >= 4 is 34.9 Å². The van der Waals surface area contributed by atoms with Gasteiger partial charge in [-0.05, 0) is 38.8 Å². The molecule has 0 saturated heterocycles. The van der Waals surface area contributed by atoms with Crippen molar-refractivity contribution < 1.29 is 14.7 Å². The lowest BCUT2D eigenvalue weighted by atomic mass is 9.85. The third-order valence-electron chi connectivity index (χ3n) is 4.12. The van der Waals surface area contributed by atoms with E-state index in [1.807, 2.05) is 13.0 Å². The van der Waals surface area contributed by atoms with Crippen LogP contribution in [0.1, 0.15) is 44.0 Å². The number of nitrogens with one attached hydrogen (secondary N) is 2. The van der Waals surface area contributed by atoms with Crippen LogP contribution in [-0.4, -0.2) is 23.1 Å². The molecule has 1 aliphatic rings. The fourth-order valence-electron chi connectivity index (χ4n) is 2.68. The Labute approximate surface area is 132 Å². The molecule has 3 N–H and O–H groups in total. The van der Waals surface area contributed by atoms with Gasteiger partial charge in [-0.15, -0.1) is 11.3 Å². The van der Waals surface area contributed by atoms with E-state index in [1.165, 1.54) is 11.3 Å². The molecule has 1 aromatic heterocycles. The minimum atomic E-state index is -0.882. The molecule has 3 unspecified atom stereocenters. The van der Waals surface area contributed by atoms with Crippen LogP contribution in [0.2, 0.25) is 4.34 Å². The summed E-state index contributed by atoms with van der Waals surface area (Å²) in [6.45, 7) is 3.56. The molecule has 0 spiro atoms. The van der Waals surface area contributed by atoms with E-state index in [1.54, 1.807) is 13.0 Å². The molecule has 21 heavy (non-hydrogen) atoms. The van der Waals surface area contributed by atoms with Crippen LogP contribution in [0.25, 0.3) is 0 Å². The molecule has 2 amide bonds. The van der Waals surface area contributed by atoms with Crippen molar-refractivity contribution in [3.05, 3.63) is 21.3 Å². The van der Waals surface area contributed by atoms with Gasteiger partial charge < -0.3 is 15.7 Å². The van der Waals surface area contributed by atoms with Gasteiger partial charge in [-0.1, -0.05) is 18.0 Å². The van der Waals surface area contributed by atoms with Crippen LogP contribution in [0.4, 0.5) is 4.79 Å². The largest absolute Gasteiger partial charge is 0.481 e. The number of rotatable bonds is 4. The number of thiophene rings is 1. The average molecular weight is 331 g/mol. The fourth-order valence-corrected chi connectivity index (χ4v) is 3.75. The second-order valence-corrected chi connectivity index (χ2v) is 7.40. The SMILES string of the molecule is CC(NC(=O)NC1CCCC1(C)C(=O)O)c1ccc(Cl)s1. The van der Waals surface area contributed by atoms with Crippen LogP contribution in [0, 0.1) is 5.41 Å². The Morgan fingerprint density at radius 1 is 1.52 bits per heavy atom. The number of carboxylic acids is 1. The summed E-state index contributed by atoms with van der Waals surface area (Å²) in [4.78, 5) is 24.4. The molecule has 0 radical (unpaired) electrons. The van der Waals surface area contributed by atoms with Gasteiger partial charge in [-0.2, -0.15) is 0 Å². The third kappa shape index (κ3) is 3.49. The first-order valence-electron chi connectivity index (χ1n) is 6.88. The molecule has 0 bridgehead atoms. The molecule has 1 saturated carbocycles. The van der Waals surface area contributed by atoms with Crippen LogP contribution in [0.3, 0.4) is 0 Å². The predicted octanol–water partition coefficient (Wildman–Crippen LogP) is 3.41. The zero-order valence-electron chi connectivity index (χ0n) is 12.0. The number of carboxylic acid groups (broad SMARTS) is 1. The van der Waals surface area contributed by atoms with Crippen molar-refractivity contribution in [1.82, 2.24) is 10.6 Å². The third-order valence-corrected chi connectivity index (χ3v) is 5.53. The van der Waals surface area contributed by atoms with Gasteiger partial charge in [0.15, 0.2) is 0 Å². The van der Waals surface area contributed by atoms with Gasteiger partial charge >= 0.3 is 12.0 Å². The summed E-state index contributed by atoms with van der Waals surface area (Å²) in [5, 5.41) is 15.0. The van der Waals surface area contributed by atoms with Gasteiger partial charge in [-0.3, -0.25) is 4.79 Å². The Hall–Kier alpha value is -1.27. The summed E-state index contributed by atoms with van der Waals surface area (Å²) in [5.74, 6) is -0.858. The quantitative estimate of drug-likeness (QED) is 0.791. The number of aliphatic carboxylic acids is 1. The Bertz CT molecular complexity index is 548. The summed E-state index contributed by atoms with van der Waals surface area (Å²) >= 11 is 7.29. The molecular weight excluding hydrogens is 312 g/mol. The molecule has 1 aromatic rings.